The van der Waals surface area contributed by atoms with Gasteiger partial charge in [0.25, 0.3) is 0 Å². The lowest BCUT2D eigenvalue weighted by Gasteiger charge is -2.22. The molecule has 0 radical (unpaired) electrons. The van der Waals surface area contributed by atoms with Crippen molar-refractivity contribution in [1.29, 1.82) is 0 Å². The molecule has 0 bridgehead atoms. The highest BCUT2D eigenvalue weighted by molar-refractivity contribution is 5.29. The van der Waals surface area contributed by atoms with Crippen LogP contribution in [0, 0.1) is 12.7 Å². The first-order valence-corrected chi connectivity index (χ1v) is 6.65. The Morgan fingerprint density at radius 1 is 0.895 bits per heavy atom. The van der Waals surface area contributed by atoms with Gasteiger partial charge in [0.1, 0.15) is 5.82 Å². The van der Waals surface area contributed by atoms with Gasteiger partial charge in [-0.05, 0) is 49.6 Å². The molecule has 0 heterocycles. The molecule has 2 heteroatoms. The molecular weight excluding hydrogens is 237 g/mol. The minimum Gasteiger partial charge on any atom is -0.304 e. The summed E-state index contributed by atoms with van der Waals surface area (Å²) in [6, 6.07) is 15.5. The van der Waals surface area contributed by atoms with Gasteiger partial charge in [-0.25, -0.2) is 4.39 Å². The lowest BCUT2D eigenvalue weighted by molar-refractivity contribution is 0.492. The van der Waals surface area contributed by atoms with Crippen LogP contribution in [0.4, 0.5) is 4.39 Å². The number of hydrogen-bond acceptors (Lipinski definition) is 1. The van der Waals surface area contributed by atoms with Crippen LogP contribution in [0.3, 0.4) is 0 Å². The Hall–Kier alpha value is -1.67. The Morgan fingerprint density at radius 2 is 1.53 bits per heavy atom. The minimum absolute atomic E-state index is 0.190. The van der Waals surface area contributed by atoms with Gasteiger partial charge in [0.2, 0.25) is 0 Å². The first-order valence-electron chi connectivity index (χ1n) is 6.65. The molecule has 2 aromatic rings. The van der Waals surface area contributed by atoms with E-state index < -0.39 is 0 Å². The normalized spacial score (nSPS) is 14.1. The number of benzene rings is 2. The molecule has 2 atom stereocenters. The Morgan fingerprint density at radius 3 is 2.16 bits per heavy atom. The van der Waals surface area contributed by atoms with Crippen molar-refractivity contribution in [2.75, 3.05) is 0 Å². The Kier molecular flexibility index (Phi) is 4.33. The quantitative estimate of drug-likeness (QED) is 0.847. The average molecular weight is 257 g/mol. The molecule has 0 aliphatic rings. The summed E-state index contributed by atoms with van der Waals surface area (Å²) >= 11 is 0. The third-order valence-corrected chi connectivity index (χ3v) is 3.52. The smallest absolute Gasteiger partial charge is 0.123 e. The number of halogens is 1. The van der Waals surface area contributed by atoms with Gasteiger partial charge in [-0.15, -0.1) is 0 Å². The van der Waals surface area contributed by atoms with E-state index in [1.165, 1.54) is 23.3 Å². The van der Waals surface area contributed by atoms with Crippen molar-refractivity contribution in [3.8, 4) is 0 Å². The molecule has 1 N–H and O–H groups in total. The van der Waals surface area contributed by atoms with E-state index >= 15 is 0 Å². The molecule has 2 rings (SSSR count). The van der Waals surface area contributed by atoms with Crippen LogP contribution in [0.2, 0.25) is 0 Å². The van der Waals surface area contributed by atoms with E-state index in [2.05, 4.69) is 50.4 Å². The molecule has 0 spiro atoms. The fourth-order valence-electron chi connectivity index (χ4n) is 2.39. The molecule has 0 saturated carbocycles. The molecule has 2 aromatic carbocycles. The number of rotatable bonds is 4. The fourth-order valence-corrected chi connectivity index (χ4v) is 2.39. The lowest BCUT2D eigenvalue weighted by Crippen LogP contribution is -2.23. The van der Waals surface area contributed by atoms with E-state index in [1.54, 1.807) is 0 Å². The van der Waals surface area contributed by atoms with Crippen LogP contribution in [-0.4, -0.2) is 0 Å². The van der Waals surface area contributed by atoms with Crippen molar-refractivity contribution in [2.45, 2.75) is 32.9 Å². The van der Waals surface area contributed by atoms with Gasteiger partial charge in [-0.1, -0.05) is 36.4 Å². The highest BCUT2D eigenvalue weighted by Crippen LogP contribution is 2.21. The summed E-state index contributed by atoms with van der Waals surface area (Å²) < 4.78 is 12.9. The van der Waals surface area contributed by atoms with E-state index in [-0.39, 0.29) is 17.9 Å². The molecular formula is C17H20FN. The predicted molar refractivity (Wildman–Crippen MR) is 77.5 cm³/mol. The second-order valence-corrected chi connectivity index (χ2v) is 5.02. The third-order valence-electron chi connectivity index (χ3n) is 3.52. The van der Waals surface area contributed by atoms with Gasteiger partial charge in [0.15, 0.2) is 0 Å². The van der Waals surface area contributed by atoms with Crippen LogP contribution >= 0.6 is 0 Å². The summed E-state index contributed by atoms with van der Waals surface area (Å²) in [5.74, 6) is -0.192. The molecule has 0 aromatic heterocycles. The average Bonchev–Trinajstić information content (AvgIpc) is 2.39. The first-order chi connectivity index (χ1) is 9.08. The van der Waals surface area contributed by atoms with Gasteiger partial charge in [0.05, 0.1) is 0 Å². The topological polar surface area (TPSA) is 12.0 Å². The molecule has 0 fully saturated rings. The van der Waals surface area contributed by atoms with E-state index in [9.17, 15) is 4.39 Å². The Balaban J connectivity index is 2.08. The maximum Gasteiger partial charge on any atom is 0.123 e. The summed E-state index contributed by atoms with van der Waals surface area (Å²) in [6.45, 7) is 6.38. The van der Waals surface area contributed by atoms with Gasteiger partial charge in [-0.2, -0.15) is 0 Å². The number of hydrogen-bond donors (Lipinski definition) is 1. The summed E-state index contributed by atoms with van der Waals surface area (Å²) in [4.78, 5) is 0. The van der Waals surface area contributed by atoms with Crippen LogP contribution in [0.25, 0.3) is 0 Å². The van der Waals surface area contributed by atoms with E-state index in [0.29, 0.717) is 0 Å². The van der Waals surface area contributed by atoms with E-state index in [4.69, 9.17) is 0 Å². The lowest BCUT2D eigenvalue weighted by atomic mass is 10.0. The van der Waals surface area contributed by atoms with Crippen LogP contribution in [0.5, 0.6) is 0 Å². The zero-order valence-electron chi connectivity index (χ0n) is 11.7. The van der Waals surface area contributed by atoms with Crippen molar-refractivity contribution in [3.05, 3.63) is 71.0 Å². The van der Waals surface area contributed by atoms with Crippen molar-refractivity contribution in [1.82, 2.24) is 5.32 Å². The highest BCUT2D eigenvalue weighted by Gasteiger charge is 2.12. The second kappa shape index (κ2) is 5.98. The maximum atomic E-state index is 12.9. The standard InChI is InChI=1S/C17H20FN/c1-12-6-4-5-7-17(12)14(3)19-13(2)15-8-10-16(18)11-9-15/h4-11,13-14,19H,1-3H3/t13?,14-/m0/s1. The zero-order chi connectivity index (χ0) is 13.8. The van der Waals surface area contributed by atoms with Crippen molar-refractivity contribution < 1.29 is 4.39 Å². The Labute approximate surface area is 114 Å². The van der Waals surface area contributed by atoms with Gasteiger partial charge in [0, 0.05) is 12.1 Å². The van der Waals surface area contributed by atoms with Crippen molar-refractivity contribution in [2.24, 2.45) is 0 Å². The van der Waals surface area contributed by atoms with Gasteiger partial charge >= 0.3 is 0 Å². The zero-order valence-corrected chi connectivity index (χ0v) is 11.7. The van der Waals surface area contributed by atoms with E-state index in [0.717, 1.165) is 5.56 Å². The summed E-state index contributed by atoms with van der Waals surface area (Å²) in [7, 11) is 0. The van der Waals surface area contributed by atoms with Crippen LogP contribution < -0.4 is 5.32 Å². The molecule has 0 amide bonds. The largest absolute Gasteiger partial charge is 0.304 e. The molecule has 0 saturated heterocycles. The van der Waals surface area contributed by atoms with E-state index in [1.807, 2.05) is 12.1 Å². The molecule has 1 unspecified atom stereocenters. The minimum atomic E-state index is -0.192. The first kappa shape index (κ1) is 13.8. The molecule has 19 heavy (non-hydrogen) atoms. The highest BCUT2D eigenvalue weighted by atomic mass is 19.1. The van der Waals surface area contributed by atoms with Crippen molar-refractivity contribution >= 4 is 0 Å². The van der Waals surface area contributed by atoms with Crippen LogP contribution in [0.1, 0.15) is 42.6 Å². The molecule has 0 aliphatic heterocycles. The summed E-state index contributed by atoms with van der Waals surface area (Å²) in [6.07, 6.45) is 0. The summed E-state index contributed by atoms with van der Waals surface area (Å²) in [5, 5.41) is 3.55. The second-order valence-electron chi connectivity index (χ2n) is 5.02. The maximum absolute atomic E-state index is 12.9. The van der Waals surface area contributed by atoms with Gasteiger partial charge < -0.3 is 5.32 Å². The Bertz CT molecular complexity index is 533. The van der Waals surface area contributed by atoms with Gasteiger partial charge in [-0.3, -0.25) is 0 Å². The third kappa shape index (κ3) is 3.42. The van der Waals surface area contributed by atoms with Crippen LogP contribution in [-0.2, 0) is 0 Å². The SMILES string of the molecule is Cc1ccccc1[C@H](C)NC(C)c1ccc(F)cc1. The van der Waals surface area contributed by atoms with Crippen molar-refractivity contribution in [3.63, 3.8) is 0 Å². The number of aryl methyl sites for hydroxylation is 1. The molecule has 100 valence electrons. The summed E-state index contributed by atoms with van der Waals surface area (Å²) in [5.41, 5.74) is 3.69. The number of nitrogens with one attached hydrogen (secondary N) is 1. The monoisotopic (exact) mass is 257 g/mol. The van der Waals surface area contributed by atoms with Crippen LogP contribution in [0.15, 0.2) is 48.5 Å². The predicted octanol–water partition coefficient (Wildman–Crippen LogP) is 4.55. The molecule has 1 nitrogen and oxygen atoms in total. The fraction of sp³-hybridized carbons (Fsp3) is 0.294. The molecule has 0 aliphatic carbocycles.